The molecule has 1 aliphatic rings. The quantitative estimate of drug-likeness (QED) is 0.475. The van der Waals surface area contributed by atoms with Crippen LogP contribution in [0, 0.1) is 5.92 Å². The van der Waals surface area contributed by atoms with Gasteiger partial charge in [0.05, 0.1) is 12.1 Å². The Morgan fingerprint density at radius 1 is 1.14 bits per heavy atom. The van der Waals surface area contributed by atoms with Gasteiger partial charge in [-0.25, -0.2) is 4.79 Å². The van der Waals surface area contributed by atoms with Crippen LogP contribution in [-0.4, -0.2) is 12.2 Å². The molecule has 1 fully saturated rings. The Hall–Kier alpha value is -1.94. The molecular formula is C17H14BrNO2. The third kappa shape index (κ3) is 3.58. The topological polar surface area (TPSA) is 38.7 Å². The molecule has 0 spiro atoms. The maximum Gasteiger partial charge on any atom is 0.338 e. The molecule has 2 aromatic rings. The van der Waals surface area contributed by atoms with Crippen LogP contribution in [-0.2, 0) is 9.63 Å². The fourth-order valence-electron chi connectivity index (χ4n) is 2.28. The summed E-state index contributed by atoms with van der Waals surface area (Å²) in [5, 5.41) is 3.77. The average molecular weight is 344 g/mol. The molecule has 3 nitrogen and oxygen atoms in total. The lowest BCUT2D eigenvalue weighted by molar-refractivity contribution is -0.145. The number of hydrogen-bond acceptors (Lipinski definition) is 3. The SMILES string of the molecule is O=C(O/N=C/c1ccc(Br)cc1)[C@H]1C[C@H]1c1ccccc1. The van der Waals surface area contributed by atoms with Gasteiger partial charge in [-0.2, -0.15) is 0 Å². The van der Waals surface area contributed by atoms with Crippen LogP contribution >= 0.6 is 15.9 Å². The number of carbonyl (C=O) groups is 1. The van der Waals surface area contributed by atoms with Crippen molar-refractivity contribution in [2.45, 2.75) is 12.3 Å². The van der Waals surface area contributed by atoms with Crippen molar-refractivity contribution in [2.75, 3.05) is 0 Å². The van der Waals surface area contributed by atoms with Gasteiger partial charge in [0.15, 0.2) is 0 Å². The first kappa shape index (κ1) is 14.0. The molecule has 2 aromatic carbocycles. The molecule has 106 valence electrons. The molecule has 3 rings (SSSR count). The lowest BCUT2D eigenvalue weighted by atomic mass is 10.1. The fraction of sp³-hybridized carbons (Fsp3) is 0.176. The highest BCUT2D eigenvalue weighted by atomic mass is 79.9. The van der Waals surface area contributed by atoms with Crippen LogP contribution < -0.4 is 0 Å². The van der Waals surface area contributed by atoms with Gasteiger partial charge in [-0.3, -0.25) is 0 Å². The van der Waals surface area contributed by atoms with E-state index in [2.05, 4.69) is 21.1 Å². The maximum atomic E-state index is 11.9. The van der Waals surface area contributed by atoms with E-state index in [1.807, 2.05) is 54.6 Å². The van der Waals surface area contributed by atoms with Crippen LogP contribution in [0.15, 0.2) is 64.2 Å². The van der Waals surface area contributed by atoms with E-state index < -0.39 is 0 Å². The van der Waals surface area contributed by atoms with Crippen LogP contribution in [0.25, 0.3) is 0 Å². The Morgan fingerprint density at radius 2 is 1.86 bits per heavy atom. The van der Waals surface area contributed by atoms with Gasteiger partial charge in [0.1, 0.15) is 0 Å². The van der Waals surface area contributed by atoms with Gasteiger partial charge in [-0.15, -0.1) is 0 Å². The minimum Gasteiger partial charge on any atom is -0.318 e. The van der Waals surface area contributed by atoms with Crippen LogP contribution in [0.1, 0.15) is 23.5 Å². The number of benzene rings is 2. The van der Waals surface area contributed by atoms with Crippen LogP contribution in [0.2, 0.25) is 0 Å². The lowest BCUT2D eigenvalue weighted by Gasteiger charge is -1.98. The number of carbonyl (C=O) groups excluding carboxylic acids is 1. The zero-order chi connectivity index (χ0) is 14.7. The predicted molar refractivity (Wildman–Crippen MR) is 85.1 cm³/mol. The summed E-state index contributed by atoms with van der Waals surface area (Å²) in [7, 11) is 0. The van der Waals surface area contributed by atoms with Crippen molar-refractivity contribution in [1.82, 2.24) is 0 Å². The highest BCUT2D eigenvalue weighted by Crippen LogP contribution is 2.48. The van der Waals surface area contributed by atoms with Gasteiger partial charge < -0.3 is 4.84 Å². The molecule has 2 atom stereocenters. The van der Waals surface area contributed by atoms with Crippen molar-refractivity contribution in [3.8, 4) is 0 Å². The number of halogens is 1. The number of nitrogens with zero attached hydrogens (tertiary/aromatic N) is 1. The molecule has 4 heteroatoms. The largest absolute Gasteiger partial charge is 0.338 e. The molecule has 0 N–H and O–H groups in total. The molecular weight excluding hydrogens is 330 g/mol. The minimum absolute atomic E-state index is 0.0607. The summed E-state index contributed by atoms with van der Waals surface area (Å²) >= 11 is 3.36. The molecule has 0 aromatic heterocycles. The average Bonchev–Trinajstić information content (AvgIpc) is 3.31. The van der Waals surface area contributed by atoms with Crippen LogP contribution in [0.3, 0.4) is 0 Å². The van der Waals surface area contributed by atoms with Crippen LogP contribution in [0.4, 0.5) is 0 Å². The van der Waals surface area contributed by atoms with Gasteiger partial charge in [-0.05, 0) is 35.6 Å². The molecule has 0 unspecified atom stereocenters. The Kier molecular flexibility index (Phi) is 4.15. The molecule has 0 amide bonds. The number of hydrogen-bond donors (Lipinski definition) is 0. The number of oxime groups is 1. The second-order valence-electron chi connectivity index (χ2n) is 5.06. The summed E-state index contributed by atoms with van der Waals surface area (Å²) in [6.45, 7) is 0. The van der Waals surface area contributed by atoms with Crippen molar-refractivity contribution in [3.63, 3.8) is 0 Å². The molecule has 0 aliphatic heterocycles. The van der Waals surface area contributed by atoms with E-state index in [0.29, 0.717) is 0 Å². The van der Waals surface area contributed by atoms with Crippen molar-refractivity contribution in [1.29, 1.82) is 0 Å². The lowest BCUT2D eigenvalue weighted by Crippen LogP contribution is -2.04. The zero-order valence-corrected chi connectivity index (χ0v) is 12.9. The van der Waals surface area contributed by atoms with E-state index in [0.717, 1.165) is 16.5 Å². The molecule has 21 heavy (non-hydrogen) atoms. The van der Waals surface area contributed by atoms with Gasteiger partial charge in [0.2, 0.25) is 0 Å². The van der Waals surface area contributed by atoms with E-state index in [1.165, 1.54) is 5.56 Å². The predicted octanol–water partition coefficient (Wildman–Crippen LogP) is 4.13. The highest BCUT2D eigenvalue weighted by Gasteiger charge is 2.45. The maximum absolute atomic E-state index is 11.9. The highest BCUT2D eigenvalue weighted by molar-refractivity contribution is 9.10. The van der Waals surface area contributed by atoms with Crippen LogP contribution in [0.5, 0.6) is 0 Å². The molecule has 1 saturated carbocycles. The third-order valence-electron chi connectivity index (χ3n) is 3.54. The van der Waals surface area contributed by atoms with Gasteiger partial charge in [-0.1, -0.05) is 63.6 Å². The molecule has 1 aliphatic carbocycles. The van der Waals surface area contributed by atoms with E-state index in [4.69, 9.17) is 4.84 Å². The van der Waals surface area contributed by atoms with E-state index >= 15 is 0 Å². The summed E-state index contributed by atoms with van der Waals surface area (Å²) in [6, 6.07) is 17.7. The van der Waals surface area contributed by atoms with Crippen molar-refractivity contribution >= 4 is 28.1 Å². The van der Waals surface area contributed by atoms with Gasteiger partial charge >= 0.3 is 5.97 Å². The van der Waals surface area contributed by atoms with E-state index in [1.54, 1.807) is 6.21 Å². The molecule has 0 radical (unpaired) electrons. The van der Waals surface area contributed by atoms with Gasteiger partial charge in [0, 0.05) is 4.47 Å². The summed E-state index contributed by atoms with van der Waals surface area (Å²) in [5.41, 5.74) is 2.08. The molecule has 0 heterocycles. The third-order valence-corrected chi connectivity index (χ3v) is 4.06. The summed E-state index contributed by atoms with van der Waals surface area (Å²) < 4.78 is 1.00. The summed E-state index contributed by atoms with van der Waals surface area (Å²) in [4.78, 5) is 16.9. The second kappa shape index (κ2) is 6.22. The van der Waals surface area contributed by atoms with Crippen molar-refractivity contribution in [3.05, 3.63) is 70.2 Å². The zero-order valence-electron chi connectivity index (χ0n) is 11.3. The monoisotopic (exact) mass is 343 g/mol. The number of rotatable bonds is 4. The molecule has 0 saturated heterocycles. The van der Waals surface area contributed by atoms with Gasteiger partial charge in [0.25, 0.3) is 0 Å². The van der Waals surface area contributed by atoms with Crippen molar-refractivity contribution < 1.29 is 9.63 Å². The normalized spacial score (nSPS) is 20.4. The first-order valence-electron chi connectivity index (χ1n) is 6.79. The Bertz CT molecular complexity index is 652. The van der Waals surface area contributed by atoms with E-state index in [-0.39, 0.29) is 17.8 Å². The van der Waals surface area contributed by atoms with E-state index in [9.17, 15) is 4.79 Å². The molecule has 0 bridgehead atoms. The minimum atomic E-state index is -0.253. The standard InChI is InChI=1S/C17H14BrNO2/c18-14-8-6-12(7-9-14)11-19-21-17(20)16-10-15(16)13-4-2-1-3-5-13/h1-9,11,15-16H,10H2/b19-11+/t15-,16-/m0/s1. The first-order valence-corrected chi connectivity index (χ1v) is 7.58. The fourth-order valence-corrected chi connectivity index (χ4v) is 2.54. The first-order chi connectivity index (χ1) is 10.2. The Balaban J connectivity index is 1.53. The Labute approximate surface area is 131 Å². The van der Waals surface area contributed by atoms with Crippen molar-refractivity contribution in [2.24, 2.45) is 11.1 Å². The smallest absolute Gasteiger partial charge is 0.318 e. The Morgan fingerprint density at radius 3 is 2.57 bits per heavy atom. The summed E-state index contributed by atoms with van der Waals surface area (Å²) in [6.07, 6.45) is 2.39. The summed E-state index contributed by atoms with van der Waals surface area (Å²) in [5.74, 6) is -0.0340. The second-order valence-corrected chi connectivity index (χ2v) is 5.97.